The van der Waals surface area contributed by atoms with E-state index in [0.29, 0.717) is 24.7 Å². The van der Waals surface area contributed by atoms with Crippen LogP contribution in [0.15, 0.2) is 24.3 Å². The number of benzene rings is 1. The lowest BCUT2D eigenvalue weighted by molar-refractivity contribution is 0.240. The molecule has 2 fully saturated rings. The van der Waals surface area contributed by atoms with Crippen LogP contribution in [0.2, 0.25) is 0 Å². The van der Waals surface area contributed by atoms with Gasteiger partial charge < -0.3 is 16.4 Å². The van der Waals surface area contributed by atoms with Gasteiger partial charge in [-0.1, -0.05) is 31.2 Å². The van der Waals surface area contributed by atoms with Crippen molar-refractivity contribution in [1.82, 2.24) is 16.0 Å². The Morgan fingerprint density at radius 3 is 2.73 bits per heavy atom. The van der Waals surface area contributed by atoms with E-state index in [1.807, 2.05) is 0 Å². The molecule has 0 spiro atoms. The summed E-state index contributed by atoms with van der Waals surface area (Å²) in [4.78, 5) is 0. The molecule has 122 valence electrons. The van der Waals surface area contributed by atoms with E-state index < -0.39 is 0 Å². The van der Waals surface area contributed by atoms with Gasteiger partial charge in [-0.25, -0.2) is 0 Å². The van der Waals surface area contributed by atoms with Gasteiger partial charge in [0.2, 0.25) is 0 Å². The van der Waals surface area contributed by atoms with E-state index >= 15 is 0 Å². The zero-order chi connectivity index (χ0) is 15.5. The molecule has 0 bridgehead atoms. The highest BCUT2D eigenvalue weighted by Crippen LogP contribution is 2.37. The van der Waals surface area contributed by atoms with Crippen LogP contribution in [-0.2, 0) is 6.54 Å². The van der Waals surface area contributed by atoms with E-state index in [4.69, 9.17) is 5.73 Å². The fourth-order valence-corrected chi connectivity index (χ4v) is 3.97. The molecule has 1 aromatic rings. The Hall–Kier alpha value is -0.940. The Balaban J connectivity index is 1.60. The maximum atomic E-state index is 5.50. The van der Waals surface area contributed by atoms with Gasteiger partial charge in [0.15, 0.2) is 0 Å². The van der Waals surface area contributed by atoms with Crippen LogP contribution >= 0.6 is 0 Å². The second-order valence-electron chi connectivity index (χ2n) is 7.00. The van der Waals surface area contributed by atoms with Crippen LogP contribution < -0.4 is 21.7 Å². The molecule has 5 N–H and O–H groups in total. The highest BCUT2D eigenvalue weighted by Gasteiger charge is 2.41. The molecule has 0 aliphatic carbocycles. The Kier molecular flexibility index (Phi) is 5.14. The summed E-state index contributed by atoms with van der Waals surface area (Å²) < 4.78 is 0. The number of hydrogen-bond acceptors (Lipinski definition) is 4. The van der Waals surface area contributed by atoms with E-state index in [1.54, 1.807) is 0 Å². The average molecular weight is 302 g/mol. The fourth-order valence-electron chi connectivity index (χ4n) is 3.97. The third-order valence-corrected chi connectivity index (χ3v) is 5.58. The predicted molar refractivity (Wildman–Crippen MR) is 91.6 cm³/mol. The number of nitrogens with one attached hydrogen (secondary N) is 3. The molecule has 3 rings (SSSR count). The van der Waals surface area contributed by atoms with Gasteiger partial charge in [0.1, 0.15) is 0 Å². The Morgan fingerprint density at radius 2 is 2.00 bits per heavy atom. The standard InChI is InChI=1S/C18H30N4/c1-12-13(2)22-18-17(12)9-16(11-21-18)15-5-3-14(4-6-15)10-20-8-7-19/h3-6,12-13,16-18,20-22H,7-11,19H2,1-2H3. The highest BCUT2D eigenvalue weighted by atomic mass is 15.2. The zero-order valence-corrected chi connectivity index (χ0v) is 13.8. The monoisotopic (exact) mass is 302 g/mol. The molecular formula is C18H30N4. The molecule has 4 nitrogen and oxygen atoms in total. The van der Waals surface area contributed by atoms with Crippen molar-refractivity contribution in [1.29, 1.82) is 0 Å². The molecule has 2 heterocycles. The van der Waals surface area contributed by atoms with Crippen molar-refractivity contribution in [3.63, 3.8) is 0 Å². The van der Waals surface area contributed by atoms with E-state index in [-0.39, 0.29) is 0 Å². The zero-order valence-electron chi connectivity index (χ0n) is 13.8. The van der Waals surface area contributed by atoms with Crippen LogP contribution in [0.25, 0.3) is 0 Å². The summed E-state index contributed by atoms with van der Waals surface area (Å²) in [5.41, 5.74) is 8.31. The SMILES string of the molecule is CC1NC2NCC(c3ccc(CNCCN)cc3)CC2C1C. The summed E-state index contributed by atoms with van der Waals surface area (Å²) in [6.07, 6.45) is 1.81. The summed E-state index contributed by atoms with van der Waals surface area (Å²) in [7, 11) is 0. The fraction of sp³-hybridized carbons (Fsp3) is 0.667. The number of nitrogens with two attached hydrogens (primary N) is 1. The van der Waals surface area contributed by atoms with Crippen LogP contribution in [0.1, 0.15) is 37.3 Å². The number of rotatable bonds is 5. The van der Waals surface area contributed by atoms with Gasteiger partial charge in [-0.15, -0.1) is 0 Å². The highest BCUT2D eigenvalue weighted by molar-refractivity contribution is 5.26. The first-order valence-corrected chi connectivity index (χ1v) is 8.68. The van der Waals surface area contributed by atoms with Crippen molar-refractivity contribution in [3.8, 4) is 0 Å². The van der Waals surface area contributed by atoms with Crippen molar-refractivity contribution in [2.75, 3.05) is 19.6 Å². The quantitative estimate of drug-likeness (QED) is 0.621. The summed E-state index contributed by atoms with van der Waals surface area (Å²) in [5.74, 6) is 2.14. The second kappa shape index (κ2) is 7.09. The topological polar surface area (TPSA) is 62.1 Å². The van der Waals surface area contributed by atoms with Gasteiger partial charge >= 0.3 is 0 Å². The van der Waals surface area contributed by atoms with E-state index in [1.165, 1.54) is 17.5 Å². The molecule has 0 amide bonds. The molecule has 2 saturated heterocycles. The lowest BCUT2D eigenvalue weighted by atomic mass is 9.79. The van der Waals surface area contributed by atoms with Crippen LogP contribution in [0.5, 0.6) is 0 Å². The van der Waals surface area contributed by atoms with E-state index in [0.717, 1.165) is 31.5 Å². The minimum absolute atomic E-state index is 0.515. The van der Waals surface area contributed by atoms with Crippen LogP contribution in [0.4, 0.5) is 0 Å². The van der Waals surface area contributed by atoms with Gasteiger partial charge in [-0.3, -0.25) is 5.32 Å². The maximum Gasteiger partial charge on any atom is 0.0606 e. The first-order valence-electron chi connectivity index (χ1n) is 8.68. The molecule has 22 heavy (non-hydrogen) atoms. The molecule has 5 atom stereocenters. The van der Waals surface area contributed by atoms with Crippen molar-refractivity contribution in [2.24, 2.45) is 17.6 Å². The summed E-state index contributed by atoms with van der Waals surface area (Å²) in [5, 5.41) is 10.7. The molecular weight excluding hydrogens is 272 g/mol. The molecule has 4 heteroatoms. The number of fused-ring (bicyclic) bond motifs is 1. The minimum atomic E-state index is 0.515. The molecule has 0 aromatic heterocycles. The molecule has 5 unspecified atom stereocenters. The van der Waals surface area contributed by atoms with Crippen LogP contribution in [0, 0.1) is 11.8 Å². The molecule has 2 aliphatic rings. The largest absolute Gasteiger partial charge is 0.329 e. The summed E-state index contributed by atoms with van der Waals surface area (Å²) in [6.45, 7) is 8.25. The first-order chi connectivity index (χ1) is 10.7. The van der Waals surface area contributed by atoms with Crippen molar-refractivity contribution < 1.29 is 0 Å². The first kappa shape index (κ1) is 15.9. The minimum Gasteiger partial charge on any atom is -0.329 e. The lowest BCUT2D eigenvalue weighted by Crippen LogP contribution is -2.49. The molecule has 2 aliphatic heterocycles. The smallest absolute Gasteiger partial charge is 0.0606 e. The molecule has 0 saturated carbocycles. The van der Waals surface area contributed by atoms with Gasteiger partial charge in [0.05, 0.1) is 6.17 Å². The lowest BCUT2D eigenvalue weighted by Gasteiger charge is -2.34. The third-order valence-electron chi connectivity index (χ3n) is 5.58. The number of hydrogen-bond donors (Lipinski definition) is 4. The van der Waals surface area contributed by atoms with Crippen LogP contribution in [0.3, 0.4) is 0 Å². The Labute approximate surface area is 134 Å². The van der Waals surface area contributed by atoms with Gasteiger partial charge in [-0.05, 0) is 42.2 Å². The Bertz CT molecular complexity index is 472. The second-order valence-corrected chi connectivity index (χ2v) is 7.00. The van der Waals surface area contributed by atoms with E-state index in [9.17, 15) is 0 Å². The van der Waals surface area contributed by atoms with Gasteiger partial charge in [0, 0.05) is 32.2 Å². The normalized spacial score (nSPS) is 34.6. The van der Waals surface area contributed by atoms with Gasteiger partial charge in [-0.2, -0.15) is 0 Å². The average Bonchev–Trinajstić information content (AvgIpc) is 2.83. The van der Waals surface area contributed by atoms with Crippen molar-refractivity contribution in [3.05, 3.63) is 35.4 Å². The van der Waals surface area contributed by atoms with Crippen molar-refractivity contribution >= 4 is 0 Å². The predicted octanol–water partition coefficient (Wildman–Crippen LogP) is 1.38. The van der Waals surface area contributed by atoms with Crippen molar-refractivity contribution in [2.45, 2.75) is 44.9 Å². The maximum absolute atomic E-state index is 5.50. The van der Waals surface area contributed by atoms with Crippen LogP contribution in [-0.4, -0.2) is 31.8 Å². The van der Waals surface area contributed by atoms with E-state index in [2.05, 4.69) is 54.1 Å². The molecule has 1 aromatic carbocycles. The summed E-state index contributed by atoms with van der Waals surface area (Å²) >= 11 is 0. The van der Waals surface area contributed by atoms with Gasteiger partial charge in [0.25, 0.3) is 0 Å². The Morgan fingerprint density at radius 1 is 1.23 bits per heavy atom. The summed E-state index contributed by atoms with van der Waals surface area (Å²) in [6, 6.07) is 9.75. The number of piperidine rings is 1. The third kappa shape index (κ3) is 3.35. The molecule has 0 radical (unpaired) electrons.